The number of hydrogen-bond donors (Lipinski definition) is 2. The van der Waals surface area contributed by atoms with E-state index in [2.05, 4.69) is 20.4 Å². The van der Waals surface area contributed by atoms with Crippen LogP contribution in [-0.4, -0.2) is 22.2 Å². The van der Waals surface area contributed by atoms with Crippen LogP contribution in [0.15, 0.2) is 12.7 Å². The van der Waals surface area contributed by atoms with Gasteiger partial charge in [-0.15, -0.1) is 0 Å². The van der Waals surface area contributed by atoms with Crippen LogP contribution in [0.25, 0.3) is 0 Å². The van der Waals surface area contributed by atoms with Crippen molar-refractivity contribution < 1.29 is 19.8 Å². The maximum Gasteiger partial charge on any atom is 0.327 e. The fourth-order valence-electron chi connectivity index (χ4n) is 1.41. The van der Waals surface area contributed by atoms with Gasteiger partial charge in [0, 0.05) is 12.5 Å². The second kappa shape index (κ2) is 12.7. The third kappa shape index (κ3) is 17.3. The lowest BCUT2D eigenvalue weighted by Crippen LogP contribution is -1.98. The molecule has 0 atom stereocenters. The van der Waals surface area contributed by atoms with E-state index in [0.717, 1.165) is 24.8 Å². The first kappa shape index (κ1) is 18.1. The Labute approximate surface area is 103 Å². The van der Waals surface area contributed by atoms with Gasteiger partial charge < -0.3 is 10.2 Å². The van der Waals surface area contributed by atoms with Crippen molar-refractivity contribution in [2.45, 2.75) is 52.4 Å². The summed E-state index contributed by atoms with van der Waals surface area (Å²) in [5.41, 5.74) is 0. The van der Waals surface area contributed by atoms with Crippen molar-refractivity contribution in [1.82, 2.24) is 0 Å². The van der Waals surface area contributed by atoms with Crippen LogP contribution in [0.4, 0.5) is 0 Å². The van der Waals surface area contributed by atoms with Crippen molar-refractivity contribution in [3.63, 3.8) is 0 Å². The first-order valence-electron chi connectivity index (χ1n) is 6.04. The molecule has 0 amide bonds. The van der Waals surface area contributed by atoms with E-state index in [9.17, 15) is 9.59 Å². The Balaban J connectivity index is 0. The number of carboxylic acids is 2. The smallest absolute Gasteiger partial charge is 0.327 e. The molecule has 0 aliphatic rings. The maximum absolute atomic E-state index is 10.2. The largest absolute Gasteiger partial charge is 0.481 e. The van der Waals surface area contributed by atoms with Crippen LogP contribution in [0.2, 0.25) is 0 Å². The summed E-state index contributed by atoms with van der Waals surface area (Å²) >= 11 is 0. The third-order valence-corrected chi connectivity index (χ3v) is 2.58. The lowest BCUT2D eigenvalue weighted by molar-refractivity contribution is -0.137. The minimum atomic E-state index is -0.981. The Morgan fingerprint density at radius 3 is 1.94 bits per heavy atom. The zero-order chi connectivity index (χ0) is 13.7. The molecule has 0 heterocycles. The molecule has 100 valence electrons. The summed E-state index contributed by atoms with van der Waals surface area (Å²) in [7, 11) is 0. The molecule has 0 bridgehead atoms. The van der Waals surface area contributed by atoms with Crippen LogP contribution in [0.1, 0.15) is 52.4 Å². The molecule has 2 N–H and O–H groups in total. The van der Waals surface area contributed by atoms with Gasteiger partial charge in [0.1, 0.15) is 0 Å². The normalized spacial score (nSPS) is 9.35. The average Bonchev–Trinajstić information content (AvgIpc) is 2.29. The second-order valence-corrected chi connectivity index (χ2v) is 3.86. The SMILES string of the molecule is C=CC(=O)O.CCC(CC)CCCCC(=O)O. The van der Waals surface area contributed by atoms with Gasteiger partial charge in [-0.05, 0) is 12.3 Å². The Hall–Kier alpha value is -1.32. The van der Waals surface area contributed by atoms with E-state index in [1.54, 1.807) is 0 Å². The molecule has 0 aliphatic heterocycles. The summed E-state index contributed by atoms with van der Waals surface area (Å²) in [5.74, 6) is -0.844. The zero-order valence-electron chi connectivity index (χ0n) is 10.8. The number of carboxylic acid groups (broad SMARTS) is 2. The van der Waals surface area contributed by atoms with Gasteiger partial charge in [-0.2, -0.15) is 0 Å². The van der Waals surface area contributed by atoms with Gasteiger partial charge in [0.2, 0.25) is 0 Å². The molecule has 0 rings (SSSR count). The molecule has 4 heteroatoms. The van der Waals surface area contributed by atoms with E-state index in [1.807, 2.05) is 0 Å². The predicted molar refractivity (Wildman–Crippen MR) is 68.0 cm³/mol. The molecule has 0 saturated heterocycles. The minimum absolute atomic E-state index is 0.333. The quantitative estimate of drug-likeness (QED) is 0.507. The van der Waals surface area contributed by atoms with Crippen molar-refractivity contribution in [2.24, 2.45) is 5.92 Å². The summed E-state index contributed by atoms with van der Waals surface area (Å²) in [4.78, 5) is 19.4. The highest BCUT2D eigenvalue weighted by Gasteiger charge is 2.03. The molecular weight excluding hydrogens is 220 g/mol. The van der Waals surface area contributed by atoms with E-state index < -0.39 is 11.9 Å². The Morgan fingerprint density at radius 1 is 1.18 bits per heavy atom. The number of rotatable bonds is 8. The molecular formula is C13H24O4. The number of aliphatic carboxylic acids is 2. The van der Waals surface area contributed by atoms with Gasteiger partial charge in [-0.25, -0.2) is 4.79 Å². The molecule has 0 fully saturated rings. The maximum atomic E-state index is 10.2. The first-order chi connectivity index (χ1) is 7.97. The lowest BCUT2D eigenvalue weighted by Gasteiger charge is -2.10. The van der Waals surface area contributed by atoms with Crippen LogP contribution in [0.3, 0.4) is 0 Å². The van der Waals surface area contributed by atoms with E-state index in [-0.39, 0.29) is 0 Å². The summed E-state index contributed by atoms with van der Waals surface area (Å²) in [6.07, 6.45) is 6.72. The highest BCUT2D eigenvalue weighted by molar-refractivity contribution is 5.78. The standard InChI is InChI=1S/C10H20O2.C3H4O2/c1-3-9(4-2)7-5-6-8-10(11)12;1-2-3(4)5/h9H,3-8H2,1-2H3,(H,11,12);2H,1H2,(H,4,5). The van der Waals surface area contributed by atoms with Crippen LogP contribution in [0.5, 0.6) is 0 Å². The molecule has 0 spiro atoms. The molecule has 0 aromatic rings. The molecule has 0 aliphatic carbocycles. The molecule has 4 nitrogen and oxygen atoms in total. The summed E-state index contributed by atoms with van der Waals surface area (Å²) in [6.45, 7) is 7.36. The molecule has 0 aromatic carbocycles. The molecule has 0 saturated carbocycles. The van der Waals surface area contributed by atoms with Crippen molar-refractivity contribution in [1.29, 1.82) is 0 Å². The number of unbranched alkanes of at least 4 members (excludes halogenated alkanes) is 1. The summed E-state index contributed by atoms with van der Waals surface area (Å²) < 4.78 is 0. The van der Waals surface area contributed by atoms with Crippen molar-refractivity contribution >= 4 is 11.9 Å². The van der Waals surface area contributed by atoms with E-state index in [0.29, 0.717) is 6.42 Å². The molecule has 0 radical (unpaired) electrons. The van der Waals surface area contributed by atoms with Crippen LogP contribution in [-0.2, 0) is 9.59 Å². The fraction of sp³-hybridized carbons (Fsp3) is 0.692. The lowest BCUT2D eigenvalue weighted by atomic mass is 9.96. The Kier molecular flexibility index (Phi) is 13.5. The van der Waals surface area contributed by atoms with Crippen molar-refractivity contribution in [3.8, 4) is 0 Å². The third-order valence-electron chi connectivity index (χ3n) is 2.58. The Bertz CT molecular complexity index is 219. The van der Waals surface area contributed by atoms with Gasteiger partial charge in [-0.3, -0.25) is 4.79 Å². The van der Waals surface area contributed by atoms with Crippen molar-refractivity contribution in [2.75, 3.05) is 0 Å². The van der Waals surface area contributed by atoms with Crippen LogP contribution >= 0.6 is 0 Å². The van der Waals surface area contributed by atoms with Gasteiger partial charge in [0.05, 0.1) is 0 Å². The molecule has 17 heavy (non-hydrogen) atoms. The van der Waals surface area contributed by atoms with Crippen molar-refractivity contribution in [3.05, 3.63) is 12.7 Å². The van der Waals surface area contributed by atoms with Gasteiger partial charge in [-0.1, -0.05) is 46.1 Å². The van der Waals surface area contributed by atoms with E-state index >= 15 is 0 Å². The highest BCUT2D eigenvalue weighted by Crippen LogP contribution is 2.16. The average molecular weight is 244 g/mol. The monoisotopic (exact) mass is 244 g/mol. The summed E-state index contributed by atoms with van der Waals surface area (Å²) in [5, 5.41) is 16.0. The first-order valence-corrected chi connectivity index (χ1v) is 6.04. The van der Waals surface area contributed by atoms with E-state index in [4.69, 9.17) is 10.2 Å². The van der Waals surface area contributed by atoms with E-state index in [1.165, 1.54) is 19.3 Å². The van der Waals surface area contributed by atoms with Gasteiger partial charge in [0.15, 0.2) is 0 Å². The predicted octanol–water partition coefficient (Wildman–Crippen LogP) is 3.32. The Morgan fingerprint density at radius 2 is 1.65 bits per heavy atom. The zero-order valence-corrected chi connectivity index (χ0v) is 10.8. The minimum Gasteiger partial charge on any atom is -0.481 e. The fourth-order valence-corrected chi connectivity index (χ4v) is 1.41. The summed E-state index contributed by atoms with van der Waals surface area (Å²) in [6, 6.07) is 0. The molecule has 0 unspecified atom stereocenters. The topological polar surface area (TPSA) is 74.6 Å². The van der Waals surface area contributed by atoms with Gasteiger partial charge >= 0.3 is 11.9 Å². The number of hydrogen-bond acceptors (Lipinski definition) is 2. The van der Waals surface area contributed by atoms with Crippen LogP contribution < -0.4 is 0 Å². The number of carbonyl (C=O) groups is 2. The highest BCUT2D eigenvalue weighted by atomic mass is 16.4. The van der Waals surface area contributed by atoms with Gasteiger partial charge in [0.25, 0.3) is 0 Å². The second-order valence-electron chi connectivity index (χ2n) is 3.86. The molecule has 0 aromatic heterocycles. The van der Waals surface area contributed by atoms with Crippen LogP contribution in [0, 0.1) is 5.92 Å².